The van der Waals surface area contributed by atoms with Crippen molar-refractivity contribution in [3.63, 3.8) is 0 Å². The second-order valence-electron chi connectivity index (χ2n) is 12.8. The fraction of sp³-hybridized carbons (Fsp3) is 0.895. The number of unbranched alkanes of at least 4 members (excludes halogenated alkanes) is 23. The third-order valence-corrected chi connectivity index (χ3v) is 8.49. The molecule has 0 aliphatic carbocycles. The molecule has 0 aromatic heterocycles. The summed E-state index contributed by atoms with van der Waals surface area (Å²) in [5, 5.41) is 8.73. The quantitative estimate of drug-likeness (QED) is 0.0458. The van der Waals surface area contributed by atoms with E-state index in [2.05, 4.69) is 26.0 Å². The number of allylic oxidation sites excluding steroid dienone is 2. The second kappa shape index (κ2) is 34.2. The number of carboxylic acid groups (broad SMARTS) is 1. The van der Waals surface area contributed by atoms with Gasteiger partial charge in [-0.3, -0.25) is 9.59 Å². The highest BCUT2D eigenvalue weighted by Gasteiger charge is 2.14. The summed E-state index contributed by atoms with van der Waals surface area (Å²) < 4.78 is 6.02. The minimum atomic E-state index is -0.681. The van der Waals surface area contributed by atoms with E-state index in [9.17, 15) is 9.59 Å². The normalized spacial score (nSPS) is 12.2. The van der Waals surface area contributed by atoms with Crippen LogP contribution in [0.25, 0.3) is 0 Å². The Morgan fingerprint density at radius 2 is 0.881 bits per heavy atom. The van der Waals surface area contributed by atoms with Crippen molar-refractivity contribution in [1.82, 2.24) is 0 Å². The molecule has 248 valence electrons. The maximum atomic E-state index is 12.6. The zero-order valence-corrected chi connectivity index (χ0v) is 28.3. The van der Waals surface area contributed by atoms with E-state index in [4.69, 9.17) is 9.84 Å². The molecule has 0 aromatic carbocycles. The molecular formula is C38H72O4. The summed E-state index contributed by atoms with van der Waals surface area (Å²) in [5.41, 5.74) is 0. The van der Waals surface area contributed by atoms with Crippen LogP contribution in [0.3, 0.4) is 0 Å². The minimum Gasteiger partial charge on any atom is -0.481 e. The van der Waals surface area contributed by atoms with Crippen LogP contribution in [-0.2, 0) is 14.3 Å². The van der Waals surface area contributed by atoms with E-state index in [0.717, 1.165) is 51.4 Å². The molecule has 0 aromatic rings. The van der Waals surface area contributed by atoms with Crippen molar-refractivity contribution in [2.45, 2.75) is 219 Å². The Labute approximate surface area is 262 Å². The summed E-state index contributed by atoms with van der Waals surface area (Å²) in [5.74, 6) is -0.660. The average Bonchev–Trinajstić information content (AvgIpc) is 2.97. The Morgan fingerprint density at radius 1 is 0.500 bits per heavy atom. The molecule has 1 N–H and O–H groups in total. The maximum Gasteiger partial charge on any atom is 0.306 e. The van der Waals surface area contributed by atoms with Crippen LogP contribution in [0.4, 0.5) is 0 Å². The molecule has 0 aliphatic rings. The van der Waals surface area contributed by atoms with Crippen molar-refractivity contribution in [2.24, 2.45) is 0 Å². The zero-order valence-electron chi connectivity index (χ0n) is 28.3. The highest BCUT2D eigenvalue weighted by atomic mass is 16.5. The summed E-state index contributed by atoms with van der Waals surface area (Å²) in [6.07, 6.45) is 40.8. The molecule has 0 fully saturated rings. The van der Waals surface area contributed by atoms with Crippen LogP contribution in [0.5, 0.6) is 0 Å². The molecular weight excluding hydrogens is 520 g/mol. The van der Waals surface area contributed by atoms with E-state index in [1.165, 1.54) is 135 Å². The van der Waals surface area contributed by atoms with E-state index in [0.29, 0.717) is 12.8 Å². The molecule has 0 saturated carbocycles. The Bertz CT molecular complexity index is 600. The van der Waals surface area contributed by atoms with E-state index < -0.39 is 5.97 Å². The van der Waals surface area contributed by atoms with Gasteiger partial charge < -0.3 is 9.84 Å². The average molecular weight is 593 g/mol. The van der Waals surface area contributed by atoms with Gasteiger partial charge in [0, 0.05) is 12.8 Å². The molecule has 0 rings (SSSR count). The standard InChI is InChI=1S/C38H72O4/c1-3-5-7-9-11-13-15-17-23-27-31-35-38(41)42-36(32-28-24-20-16-14-12-10-8-6-4-2)33-29-25-21-18-19-22-26-30-34-37(39)40/h9,11,36H,3-8,10,12-35H2,1-2H3,(H,39,40)/b11-9-. The van der Waals surface area contributed by atoms with Crippen molar-refractivity contribution in [2.75, 3.05) is 0 Å². The van der Waals surface area contributed by atoms with E-state index >= 15 is 0 Å². The molecule has 4 heteroatoms. The van der Waals surface area contributed by atoms with Crippen LogP contribution in [0, 0.1) is 0 Å². The molecule has 4 nitrogen and oxygen atoms in total. The number of hydrogen-bond donors (Lipinski definition) is 1. The molecule has 0 radical (unpaired) electrons. The largest absolute Gasteiger partial charge is 0.481 e. The number of carboxylic acids is 1. The Morgan fingerprint density at radius 3 is 1.36 bits per heavy atom. The van der Waals surface area contributed by atoms with Gasteiger partial charge in [-0.05, 0) is 57.8 Å². The van der Waals surface area contributed by atoms with Gasteiger partial charge in [-0.15, -0.1) is 0 Å². The SMILES string of the molecule is CCCC/C=C\CCCCCCCC(=O)OC(CCCCCCCCCCCC)CCCCCCCCCCC(=O)O. The lowest BCUT2D eigenvalue weighted by Crippen LogP contribution is -2.18. The molecule has 42 heavy (non-hydrogen) atoms. The zero-order chi connectivity index (χ0) is 30.8. The topological polar surface area (TPSA) is 63.6 Å². The molecule has 1 atom stereocenters. The molecule has 0 bridgehead atoms. The van der Waals surface area contributed by atoms with Gasteiger partial charge in [0.2, 0.25) is 0 Å². The van der Waals surface area contributed by atoms with Gasteiger partial charge >= 0.3 is 11.9 Å². The minimum absolute atomic E-state index is 0.0206. The number of carbonyl (C=O) groups excluding carboxylic acids is 1. The number of hydrogen-bond acceptors (Lipinski definition) is 3. The first-order valence-corrected chi connectivity index (χ1v) is 18.7. The number of esters is 1. The third-order valence-electron chi connectivity index (χ3n) is 8.49. The first kappa shape index (κ1) is 40.7. The third kappa shape index (κ3) is 33.2. The van der Waals surface area contributed by atoms with Crippen molar-refractivity contribution in [3.8, 4) is 0 Å². The molecule has 0 spiro atoms. The van der Waals surface area contributed by atoms with Gasteiger partial charge in [-0.1, -0.05) is 154 Å². The molecule has 0 amide bonds. The van der Waals surface area contributed by atoms with Crippen molar-refractivity contribution < 1.29 is 19.4 Å². The van der Waals surface area contributed by atoms with E-state index in [-0.39, 0.29) is 12.1 Å². The van der Waals surface area contributed by atoms with Crippen LogP contribution in [-0.4, -0.2) is 23.1 Å². The van der Waals surface area contributed by atoms with Gasteiger partial charge in [0.15, 0.2) is 0 Å². The lowest BCUT2D eigenvalue weighted by atomic mass is 10.0. The smallest absolute Gasteiger partial charge is 0.306 e. The summed E-state index contributed by atoms with van der Waals surface area (Å²) >= 11 is 0. The summed E-state index contributed by atoms with van der Waals surface area (Å²) in [6.45, 7) is 4.51. The van der Waals surface area contributed by atoms with Crippen molar-refractivity contribution in [1.29, 1.82) is 0 Å². The number of ether oxygens (including phenoxy) is 1. The monoisotopic (exact) mass is 593 g/mol. The molecule has 1 unspecified atom stereocenters. The van der Waals surface area contributed by atoms with Gasteiger partial charge in [0.05, 0.1) is 0 Å². The van der Waals surface area contributed by atoms with Crippen molar-refractivity contribution >= 4 is 11.9 Å². The van der Waals surface area contributed by atoms with E-state index in [1.807, 2.05) is 0 Å². The number of rotatable bonds is 34. The van der Waals surface area contributed by atoms with Crippen LogP contribution in [0.15, 0.2) is 12.2 Å². The fourth-order valence-electron chi connectivity index (χ4n) is 5.69. The van der Waals surface area contributed by atoms with Crippen molar-refractivity contribution in [3.05, 3.63) is 12.2 Å². The summed E-state index contributed by atoms with van der Waals surface area (Å²) in [6, 6.07) is 0. The maximum absolute atomic E-state index is 12.6. The van der Waals surface area contributed by atoms with Gasteiger partial charge in [0.1, 0.15) is 6.10 Å². The summed E-state index contributed by atoms with van der Waals surface area (Å²) in [7, 11) is 0. The summed E-state index contributed by atoms with van der Waals surface area (Å²) in [4.78, 5) is 23.2. The van der Waals surface area contributed by atoms with Gasteiger partial charge in [-0.25, -0.2) is 0 Å². The van der Waals surface area contributed by atoms with Gasteiger partial charge in [-0.2, -0.15) is 0 Å². The number of carbonyl (C=O) groups is 2. The lowest BCUT2D eigenvalue weighted by molar-refractivity contribution is -0.150. The van der Waals surface area contributed by atoms with Crippen LogP contribution in [0.1, 0.15) is 213 Å². The Kier molecular flexibility index (Phi) is 33.1. The first-order chi connectivity index (χ1) is 20.6. The highest BCUT2D eigenvalue weighted by Crippen LogP contribution is 2.19. The lowest BCUT2D eigenvalue weighted by Gasteiger charge is -2.18. The Hall–Kier alpha value is -1.32. The molecule has 0 saturated heterocycles. The second-order valence-corrected chi connectivity index (χ2v) is 12.8. The van der Waals surface area contributed by atoms with Crippen LogP contribution in [0.2, 0.25) is 0 Å². The predicted molar refractivity (Wildman–Crippen MR) is 181 cm³/mol. The highest BCUT2D eigenvalue weighted by molar-refractivity contribution is 5.69. The van der Waals surface area contributed by atoms with E-state index in [1.54, 1.807) is 0 Å². The fourth-order valence-corrected chi connectivity index (χ4v) is 5.69. The van der Waals surface area contributed by atoms with Crippen LogP contribution >= 0.6 is 0 Å². The van der Waals surface area contributed by atoms with Gasteiger partial charge in [0.25, 0.3) is 0 Å². The molecule has 0 heterocycles. The van der Waals surface area contributed by atoms with Crippen LogP contribution < -0.4 is 0 Å². The molecule has 0 aliphatic heterocycles. The Balaban J connectivity index is 4.09. The number of aliphatic carboxylic acids is 1. The predicted octanol–water partition coefficient (Wildman–Crippen LogP) is 12.7. The first-order valence-electron chi connectivity index (χ1n) is 18.7.